The standard InChI is InChI=1S/C17H13O3P/c18-17(19)15-11-12-16(20-15)21(13-7-3-1-4-8-13)14-9-5-2-6-10-14/h1-12H,(H,18,19). The van der Waals surface area contributed by atoms with E-state index in [9.17, 15) is 4.79 Å². The molecule has 3 aromatic rings. The summed E-state index contributed by atoms with van der Waals surface area (Å²) in [4.78, 5) is 11.0. The van der Waals surface area contributed by atoms with Gasteiger partial charge in [-0.15, -0.1) is 0 Å². The molecule has 2 aromatic carbocycles. The molecule has 0 aliphatic heterocycles. The van der Waals surface area contributed by atoms with E-state index in [1.54, 1.807) is 6.07 Å². The molecule has 0 saturated carbocycles. The predicted molar refractivity (Wildman–Crippen MR) is 84.4 cm³/mol. The molecule has 0 radical (unpaired) electrons. The van der Waals surface area contributed by atoms with Gasteiger partial charge < -0.3 is 9.52 Å². The molecular weight excluding hydrogens is 283 g/mol. The van der Waals surface area contributed by atoms with Crippen molar-refractivity contribution in [3.63, 3.8) is 0 Å². The fraction of sp³-hybridized carbons (Fsp3) is 0. The summed E-state index contributed by atoms with van der Waals surface area (Å²) in [6, 6.07) is 23.3. The van der Waals surface area contributed by atoms with Gasteiger partial charge in [0.2, 0.25) is 5.76 Å². The highest BCUT2D eigenvalue weighted by Gasteiger charge is 2.21. The summed E-state index contributed by atoms with van der Waals surface area (Å²) in [6.45, 7) is 0. The lowest BCUT2D eigenvalue weighted by Crippen LogP contribution is -2.19. The van der Waals surface area contributed by atoms with Crippen LogP contribution in [-0.2, 0) is 0 Å². The first-order chi connectivity index (χ1) is 10.3. The van der Waals surface area contributed by atoms with Gasteiger partial charge in [0.05, 0.1) is 0 Å². The van der Waals surface area contributed by atoms with Gasteiger partial charge in [0.25, 0.3) is 0 Å². The van der Waals surface area contributed by atoms with Crippen LogP contribution in [0.1, 0.15) is 10.6 Å². The molecule has 0 saturated heterocycles. The van der Waals surface area contributed by atoms with E-state index in [2.05, 4.69) is 0 Å². The smallest absolute Gasteiger partial charge is 0.371 e. The number of aromatic carboxylic acids is 1. The van der Waals surface area contributed by atoms with Crippen molar-refractivity contribution in [3.8, 4) is 0 Å². The van der Waals surface area contributed by atoms with Crippen LogP contribution in [0.3, 0.4) is 0 Å². The van der Waals surface area contributed by atoms with Gasteiger partial charge >= 0.3 is 5.97 Å². The molecule has 1 heterocycles. The van der Waals surface area contributed by atoms with Gasteiger partial charge in [-0.1, -0.05) is 60.7 Å². The fourth-order valence-electron chi connectivity index (χ4n) is 2.12. The van der Waals surface area contributed by atoms with Gasteiger partial charge in [-0.2, -0.15) is 0 Å². The molecule has 104 valence electrons. The zero-order valence-corrected chi connectivity index (χ0v) is 12.0. The van der Waals surface area contributed by atoms with Crippen LogP contribution in [0.25, 0.3) is 0 Å². The van der Waals surface area contributed by atoms with E-state index < -0.39 is 13.9 Å². The molecule has 0 amide bonds. The number of benzene rings is 2. The molecule has 0 spiro atoms. The summed E-state index contributed by atoms with van der Waals surface area (Å²) in [6.07, 6.45) is 0. The average molecular weight is 296 g/mol. The topological polar surface area (TPSA) is 50.4 Å². The first-order valence-electron chi connectivity index (χ1n) is 6.49. The van der Waals surface area contributed by atoms with Crippen LogP contribution in [0.2, 0.25) is 0 Å². The summed E-state index contributed by atoms with van der Waals surface area (Å²) in [5, 5.41) is 11.3. The van der Waals surface area contributed by atoms with Crippen molar-refractivity contribution < 1.29 is 14.3 Å². The summed E-state index contributed by atoms with van der Waals surface area (Å²) in [7, 11) is -0.880. The molecule has 0 aliphatic rings. The van der Waals surface area contributed by atoms with Crippen molar-refractivity contribution in [1.82, 2.24) is 0 Å². The summed E-state index contributed by atoms with van der Waals surface area (Å²) in [5.74, 6) is -1.07. The second-order valence-corrected chi connectivity index (χ2v) is 6.59. The third-order valence-corrected chi connectivity index (χ3v) is 5.36. The minimum absolute atomic E-state index is 0.0237. The lowest BCUT2D eigenvalue weighted by Gasteiger charge is -2.15. The average Bonchev–Trinajstić information content (AvgIpc) is 3.00. The van der Waals surface area contributed by atoms with Gasteiger partial charge in [0.1, 0.15) is 5.50 Å². The van der Waals surface area contributed by atoms with Crippen LogP contribution in [0.5, 0.6) is 0 Å². The Hall–Kier alpha value is -2.38. The number of carbonyl (C=O) groups is 1. The molecule has 0 atom stereocenters. The van der Waals surface area contributed by atoms with E-state index in [4.69, 9.17) is 9.52 Å². The first-order valence-corrected chi connectivity index (χ1v) is 7.83. The molecule has 1 aromatic heterocycles. The van der Waals surface area contributed by atoms with E-state index in [0.717, 1.165) is 10.6 Å². The van der Waals surface area contributed by atoms with E-state index in [1.165, 1.54) is 6.07 Å². The Labute approximate surface area is 123 Å². The summed E-state index contributed by atoms with van der Waals surface area (Å²) >= 11 is 0. The molecule has 0 aliphatic carbocycles. The molecule has 1 N–H and O–H groups in total. The molecule has 3 rings (SSSR count). The molecule has 21 heavy (non-hydrogen) atoms. The van der Waals surface area contributed by atoms with E-state index >= 15 is 0 Å². The molecule has 4 heteroatoms. The first kappa shape index (κ1) is 13.6. The third-order valence-electron chi connectivity index (χ3n) is 3.05. The van der Waals surface area contributed by atoms with Crippen LogP contribution in [0.4, 0.5) is 0 Å². The maximum atomic E-state index is 11.0. The van der Waals surface area contributed by atoms with Crippen molar-refractivity contribution in [3.05, 3.63) is 78.6 Å². The van der Waals surface area contributed by atoms with Crippen molar-refractivity contribution >= 4 is 30.0 Å². The molecule has 0 unspecified atom stereocenters. The zero-order chi connectivity index (χ0) is 14.7. The molecule has 0 bridgehead atoms. The highest BCUT2D eigenvalue weighted by molar-refractivity contribution is 7.79. The Morgan fingerprint density at radius 3 is 1.76 bits per heavy atom. The molecule has 0 fully saturated rings. The minimum atomic E-state index is -1.04. The van der Waals surface area contributed by atoms with Crippen LogP contribution in [0.15, 0.2) is 77.2 Å². The Bertz CT molecular complexity index is 695. The van der Waals surface area contributed by atoms with Gasteiger partial charge in [0.15, 0.2) is 0 Å². The van der Waals surface area contributed by atoms with Gasteiger partial charge in [-0.25, -0.2) is 4.79 Å². The number of hydrogen-bond donors (Lipinski definition) is 1. The van der Waals surface area contributed by atoms with Gasteiger partial charge in [-0.3, -0.25) is 0 Å². The van der Waals surface area contributed by atoms with Gasteiger partial charge in [0, 0.05) is 7.92 Å². The summed E-state index contributed by atoms with van der Waals surface area (Å²) < 4.78 is 5.55. The zero-order valence-electron chi connectivity index (χ0n) is 11.1. The van der Waals surface area contributed by atoms with Crippen molar-refractivity contribution in [2.75, 3.05) is 0 Å². The van der Waals surface area contributed by atoms with E-state index in [0.29, 0.717) is 5.50 Å². The largest absolute Gasteiger partial charge is 0.475 e. The SMILES string of the molecule is O=C(O)c1ccc(P(c2ccccc2)c2ccccc2)o1. The van der Waals surface area contributed by atoms with Crippen molar-refractivity contribution in [2.24, 2.45) is 0 Å². The lowest BCUT2D eigenvalue weighted by atomic mass is 10.4. The normalized spacial score (nSPS) is 10.7. The Morgan fingerprint density at radius 2 is 1.33 bits per heavy atom. The molecule has 3 nitrogen and oxygen atoms in total. The number of carboxylic acids is 1. The van der Waals surface area contributed by atoms with E-state index in [1.807, 2.05) is 60.7 Å². The van der Waals surface area contributed by atoms with Crippen LogP contribution in [0, 0.1) is 0 Å². The summed E-state index contributed by atoms with van der Waals surface area (Å²) in [5.41, 5.74) is 0.694. The third kappa shape index (κ3) is 2.88. The quantitative estimate of drug-likeness (QED) is 0.753. The maximum absolute atomic E-state index is 11.0. The monoisotopic (exact) mass is 296 g/mol. The maximum Gasteiger partial charge on any atom is 0.371 e. The second-order valence-electron chi connectivity index (χ2n) is 4.45. The number of carboxylic acid groups (broad SMARTS) is 1. The van der Waals surface area contributed by atoms with E-state index in [-0.39, 0.29) is 5.76 Å². The minimum Gasteiger partial charge on any atom is -0.475 e. The number of hydrogen-bond acceptors (Lipinski definition) is 2. The number of rotatable bonds is 4. The highest BCUT2D eigenvalue weighted by atomic mass is 31.1. The number of furan rings is 1. The fourth-order valence-corrected chi connectivity index (χ4v) is 4.28. The predicted octanol–water partition coefficient (Wildman–Crippen LogP) is 2.74. The lowest BCUT2D eigenvalue weighted by molar-refractivity contribution is 0.0664. The Kier molecular flexibility index (Phi) is 3.85. The molecular formula is C17H13O3P. The van der Waals surface area contributed by atoms with Crippen LogP contribution >= 0.6 is 7.92 Å². The Balaban J connectivity index is 2.10. The Morgan fingerprint density at radius 1 is 0.810 bits per heavy atom. The van der Waals surface area contributed by atoms with Gasteiger partial charge in [-0.05, 0) is 22.7 Å². The highest BCUT2D eigenvalue weighted by Crippen LogP contribution is 2.33. The van der Waals surface area contributed by atoms with Crippen molar-refractivity contribution in [2.45, 2.75) is 0 Å². The second kappa shape index (κ2) is 5.94. The van der Waals surface area contributed by atoms with Crippen LogP contribution < -0.4 is 16.1 Å². The van der Waals surface area contributed by atoms with Crippen LogP contribution in [-0.4, -0.2) is 11.1 Å². The van der Waals surface area contributed by atoms with Crippen molar-refractivity contribution in [1.29, 1.82) is 0 Å².